The number of rotatable bonds is 4. The lowest BCUT2D eigenvalue weighted by molar-refractivity contribution is 0.463. The van der Waals surface area contributed by atoms with Crippen molar-refractivity contribution >= 4 is 0 Å². The summed E-state index contributed by atoms with van der Waals surface area (Å²) in [7, 11) is 0. The van der Waals surface area contributed by atoms with Gasteiger partial charge < -0.3 is 10.8 Å². The van der Waals surface area contributed by atoms with Crippen molar-refractivity contribution in [3.8, 4) is 5.75 Å². The van der Waals surface area contributed by atoms with Crippen LogP contribution >= 0.6 is 0 Å². The quantitative estimate of drug-likeness (QED) is 0.796. The fourth-order valence-electron chi connectivity index (χ4n) is 3.07. The number of phenols is 1. The molecule has 1 aromatic heterocycles. The Bertz CT molecular complexity index is 653. The maximum Gasteiger partial charge on any atom is 0.343 e. The first kappa shape index (κ1) is 13.9. The van der Waals surface area contributed by atoms with Crippen LogP contribution in [0.3, 0.4) is 0 Å². The summed E-state index contributed by atoms with van der Waals surface area (Å²) in [6.07, 6.45) is 4.90. The highest BCUT2D eigenvalue weighted by Gasteiger charge is 2.25. The van der Waals surface area contributed by atoms with Crippen molar-refractivity contribution in [3.05, 3.63) is 46.1 Å². The van der Waals surface area contributed by atoms with Crippen molar-refractivity contribution in [1.82, 2.24) is 14.8 Å². The van der Waals surface area contributed by atoms with E-state index in [0.717, 1.165) is 31.2 Å². The molecule has 2 aromatic rings. The van der Waals surface area contributed by atoms with Crippen molar-refractivity contribution in [2.24, 2.45) is 5.73 Å². The summed E-state index contributed by atoms with van der Waals surface area (Å²) in [5.74, 6) is 0.856. The van der Waals surface area contributed by atoms with E-state index in [4.69, 9.17) is 5.73 Å². The molecule has 1 atom stereocenters. The summed E-state index contributed by atoms with van der Waals surface area (Å²) < 4.78 is 1.73. The zero-order chi connectivity index (χ0) is 14.8. The number of aromatic amines is 1. The lowest BCUT2D eigenvalue weighted by Gasteiger charge is -2.17. The zero-order valence-electron chi connectivity index (χ0n) is 11.8. The Morgan fingerprint density at radius 2 is 2.00 bits per heavy atom. The maximum atomic E-state index is 12.0. The van der Waals surface area contributed by atoms with Crippen LogP contribution < -0.4 is 11.4 Å². The van der Waals surface area contributed by atoms with Gasteiger partial charge in [0, 0.05) is 6.04 Å². The van der Waals surface area contributed by atoms with Crippen LogP contribution in [0.5, 0.6) is 5.75 Å². The molecule has 112 valence electrons. The number of hydrogen-bond acceptors (Lipinski definition) is 4. The van der Waals surface area contributed by atoms with Crippen molar-refractivity contribution in [1.29, 1.82) is 0 Å². The molecular formula is C15H20N4O2. The summed E-state index contributed by atoms with van der Waals surface area (Å²) in [5.41, 5.74) is 7.08. The number of nitrogens with one attached hydrogen (secondary N) is 1. The van der Waals surface area contributed by atoms with Crippen molar-refractivity contribution in [2.75, 3.05) is 0 Å². The first-order valence-electron chi connectivity index (χ1n) is 7.35. The molecule has 6 nitrogen and oxygen atoms in total. The van der Waals surface area contributed by atoms with Crippen LogP contribution in [0.4, 0.5) is 0 Å². The second kappa shape index (κ2) is 5.73. The Labute approximate surface area is 122 Å². The van der Waals surface area contributed by atoms with Crippen LogP contribution in [-0.2, 0) is 6.42 Å². The van der Waals surface area contributed by atoms with Gasteiger partial charge in [0.15, 0.2) is 5.82 Å². The molecule has 4 N–H and O–H groups in total. The Morgan fingerprint density at radius 3 is 2.67 bits per heavy atom. The molecule has 6 heteroatoms. The summed E-state index contributed by atoms with van der Waals surface area (Å²) in [6.45, 7) is 0. The predicted octanol–water partition coefficient (Wildman–Crippen LogP) is 1.63. The third-order valence-corrected chi connectivity index (χ3v) is 4.15. The SMILES string of the molecule is N[C@@H](Cc1ccc(O)cc1)c1n[nH]c(=O)n1C1CCCC1. The van der Waals surface area contributed by atoms with Gasteiger partial charge in [0.05, 0.1) is 6.04 Å². The van der Waals surface area contributed by atoms with Gasteiger partial charge in [-0.2, -0.15) is 5.10 Å². The van der Waals surface area contributed by atoms with Crippen LogP contribution in [0.1, 0.15) is 49.2 Å². The van der Waals surface area contributed by atoms with Crippen molar-refractivity contribution < 1.29 is 5.11 Å². The van der Waals surface area contributed by atoms with E-state index in [-0.39, 0.29) is 23.5 Å². The molecule has 1 aromatic carbocycles. The van der Waals surface area contributed by atoms with E-state index in [1.165, 1.54) is 0 Å². The van der Waals surface area contributed by atoms with Gasteiger partial charge in [0.2, 0.25) is 0 Å². The van der Waals surface area contributed by atoms with E-state index in [2.05, 4.69) is 10.2 Å². The zero-order valence-corrected chi connectivity index (χ0v) is 11.8. The summed E-state index contributed by atoms with van der Waals surface area (Å²) >= 11 is 0. The highest BCUT2D eigenvalue weighted by Crippen LogP contribution is 2.30. The number of hydrogen-bond donors (Lipinski definition) is 3. The number of aromatic hydroxyl groups is 1. The van der Waals surface area contributed by atoms with Gasteiger partial charge in [0.25, 0.3) is 0 Å². The van der Waals surface area contributed by atoms with Gasteiger partial charge in [-0.25, -0.2) is 9.89 Å². The monoisotopic (exact) mass is 288 g/mol. The molecule has 3 rings (SSSR count). The Kier molecular flexibility index (Phi) is 3.79. The highest BCUT2D eigenvalue weighted by molar-refractivity contribution is 5.26. The second-order valence-electron chi connectivity index (χ2n) is 5.67. The molecule has 0 radical (unpaired) electrons. The number of phenolic OH excluding ortho intramolecular Hbond substituents is 1. The minimum absolute atomic E-state index is 0.168. The number of aromatic nitrogens is 3. The van der Waals surface area contributed by atoms with Crippen LogP contribution in [0.2, 0.25) is 0 Å². The van der Waals surface area contributed by atoms with Crippen LogP contribution in [0, 0.1) is 0 Å². The van der Waals surface area contributed by atoms with E-state index in [1.807, 2.05) is 12.1 Å². The third-order valence-electron chi connectivity index (χ3n) is 4.15. The highest BCUT2D eigenvalue weighted by atomic mass is 16.3. The molecule has 1 fully saturated rings. The Hall–Kier alpha value is -2.08. The van der Waals surface area contributed by atoms with Crippen molar-refractivity contribution in [3.63, 3.8) is 0 Å². The lowest BCUT2D eigenvalue weighted by Crippen LogP contribution is -2.27. The topological polar surface area (TPSA) is 96.9 Å². The van der Waals surface area contributed by atoms with E-state index in [9.17, 15) is 9.90 Å². The van der Waals surface area contributed by atoms with E-state index in [1.54, 1.807) is 16.7 Å². The summed E-state index contributed by atoms with van der Waals surface area (Å²) in [4.78, 5) is 12.0. The molecule has 0 amide bonds. The van der Waals surface area contributed by atoms with Crippen LogP contribution in [0.15, 0.2) is 29.1 Å². The number of nitrogens with two attached hydrogens (primary N) is 1. The van der Waals surface area contributed by atoms with E-state index in [0.29, 0.717) is 12.2 Å². The van der Waals surface area contributed by atoms with Gasteiger partial charge in [0.1, 0.15) is 5.75 Å². The largest absolute Gasteiger partial charge is 0.508 e. The lowest BCUT2D eigenvalue weighted by atomic mass is 10.1. The maximum absolute atomic E-state index is 12.0. The van der Waals surface area contributed by atoms with E-state index >= 15 is 0 Å². The minimum atomic E-state index is -0.339. The molecule has 0 saturated heterocycles. The predicted molar refractivity (Wildman–Crippen MR) is 79.1 cm³/mol. The fraction of sp³-hybridized carbons (Fsp3) is 0.467. The average Bonchev–Trinajstić information content (AvgIpc) is 3.10. The van der Waals surface area contributed by atoms with Crippen molar-refractivity contribution in [2.45, 2.75) is 44.2 Å². The van der Waals surface area contributed by atoms with Gasteiger partial charge in [-0.15, -0.1) is 0 Å². The standard InChI is InChI=1S/C15H20N4O2/c16-13(9-10-5-7-12(20)8-6-10)14-17-18-15(21)19(14)11-3-1-2-4-11/h5-8,11,13,20H,1-4,9,16H2,(H,18,21)/t13-/m0/s1. The molecule has 0 unspecified atom stereocenters. The van der Waals surface area contributed by atoms with Crippen LogP contribution in [0.25, 0.3) is 0 Å². The second-order valence-corrected chi connectivity index (χ2v) is 5.67. The smallest absolute Gasteiger partial charge is 0.343 e. The fourth-order valence-corrected chi connectivity index (χ4v) is 3.07. The molecular weight excluding hydrogens is 268 g/mol. The number of benzene rings is 1. The normalized spacial score (nSPS) is 17.2. The van der Waals surface area contributed by atoms with Gasteiger partial charge in [-0.3, -0.25) is 4.57 Å². The molecule has 0 aliphatic heterocycles. The van der Waals surface area contributed by atoms with Gasteiger partial charge >= 0.3 is 5.69 Å². The Morgan fingerprint density at radius 1 is 1.33 bits per heavy atom. The van der Waals surface area contributed by atoms with E-state index < -0.39 is 0 Å². The molecule has 0 spiro atoms. The van der Waals surface area contributed by atoms with Crippen LogP contribution in [-0.4, -0.2) is 19.9 Å². The molecule has 21 heavy (non-hydrogen) atoms. The molecule has 0 bridgehead atoms. The minimum Gasteiger partial charge on any atom is -0.508 e. The molecule has 1 aliphatic carbocycles. The summed E-state index contributed by atoms with van der Waals surface area (Å²) in [5, 5.41) is 16.0. The Balaban J connectivity index is 1.82. The number of nitrogens with zero attached hydrogens (tertiary/aromatic N) is 2. The first-order valence-corrected chi connectivity index (χ1v) is 7.35. The first-order chi connectivity index (χ1) is 10.1. The third kappa shape index (κ3) is 2.85. The number of H-pyrrole nitrogens is 1. The van der Waals surface area contributed by atoms with Gasteiger partial charge in [-0.1, -0.05) is 25.0 Å². The molecule has 1 aliphatic rings. The molecule has 1 saturated carbocycles. The molecule has 1 heterocycles. The summed E-state index contributed by atoms with van der Waals surface area (Å²) in [6, 6.07) is 6.82. The average molecular weight is 288 g/mol. The van der Waals surface area contributed by atoms with Gasteiger partial charge in [-0.05, 0) is 37.0 Å².